The summed E-state index contributed by atoms with van der Waals surface area (Å²) in [5, 5.41) is 11.8. The topological polar surface area (TPSA) is 90.1 Å². The first-order valence-electron chi connectivity index (χ1n) is 10.1. The van der Waals surface area contributed by atoms with Crippen LogP contribution in [0.3, 0.4) is 0 Å². The van der Waals surface area contributed by atoms with E-state index in [1.54, 1.807) is 55.6 Å². The van der Waals surface area contributed by atoms with Gasteiger partial charge < -0.3 is 9.15 Å². The van der Waals surface area contributed by atoms with Crippen molar-refractivity contribution in [3.05, 3.63) is 89.4 Å². The first-order chi connectivity index (χ1) is 16.1. The van der Waals surface area contributed by atoms with Crippen LogP contribution in [0.1, 0.15) is 10.4 Å². The Morgan fingerprint density at radius 1 is 0.939 bits per heavy atom. The number of hydrogen-bond donors (Lipinski definition) is 1. The molecule has 7 nitrogen and oxygen atoms in total. The second-order valence-electron chi connectivity index (χ2n) is 7.18. The molecule has 0 aliphatic heterocycles. The number of carbonyl (C=O) groups excluding carboxylic acids is 1. The van der Waals surface area contributed by atoms with Gasteiger partial charge in [0.05, 0.1) is 23.9 Å². The average Bonchev–Trinajstić information content (AvgIpc) is 3.32. The number of methoxy groups -OCH3 is 1. The normalized spacial score (nSPS) is 10.8. The van der Waals surface area contributed by atoms with Crippen LogP contribution in [0.15, 0.2) is 83.3 Å². The lowest BCUT2D eigenvalue weighted by molar-refractivity contribution is 0.102. The molecule has 1 amide bonds. The Labute approximate surface area is 194 Å². The number of halogens is 1. The van der Waals surface area contributed by atoms with Gasteiger partial charge in [-0.05, 0) is 48.5 Å². The highest BCUT2D eigenvalue weighted by molar-refractivity contribution is 6.31. The van der Waals surface area contributed by atoms with E-state index in [-0.39, 0.29) is 11.9 Å². The summed E-state index contributed by atoms with van der Waals surface area (Å²) in [6.45, 7) is 0. The molecule has 0 radical (unpaired) electrons. The minimum absolute atomic E-state index is 0.0148. The van der Waals surface area contributed by atoms with Crippen molar-refractivity contribution in [3.8, 4) is 28.5 Å². The number of ether oxygens (including phenoxy) is 1. The van der Waals surface area contributed by atoms with Crippen LogP contribution in [0.25, 0.3) is 33.6 Å². The highest BCUT2D eigenvalue weighted by Gasteiger charge is 2.18. The fourth-order valence-electron chi connectivity index (χ4n) is 3.43. The Hall–Kier alpha value is -4.23. The predicted molar refractivity (Wildman–Crippen MR) is 126 cm³/mol. The Morgan fingerprint density at radius 3 is 2.48 bits per heavy atom. The number of anilines is 1. The lowest BCUT2D eigenvalue weighted by atomic mass is 10.0. The van der Waals surface area contributed by atoms with Gasteiger partial charge in [-0.15, -0.1) is 5.10 Å². The van der Waals surface area contributed by atoms with E-state index < -0.39 is 5.91 Å². The number of fused-ring (bicyclic) bond motifs is 1. The molecule has 0 saturated heterocycles. The van der Waals surface area contributed by atoms with Crippen LogP contribution >= 0.6 is 11.6 Å². The standard InChI is InChI=1S/C25H17ClN4O3/c1-32-18-10-7-16(8-11-18)24-29-30-25(33-24)28-23(31)20-14-22(15-5-3-2-4-6-15)27-21-12-9-17(26)13-19(20)21/h2-14H,1H3,(H,28,30,31). The van der Waals surface area contributed by atoms with Crippen LogP contribution in [-0.2, 0) is 0 Å². The molecule has 5 rings (SSSR count). The number of pyridine rings is 1. The molecule has 33 heavy (non-hydrogen) atoms. The van der Waals surface area contributed by atoms with Crippen molar-refractivity contribution in [3.63, 3.8) is 0 Å². The van der Waals surface area contributed by atoms with Gasteiger partial charge in [0.25, 0.3) is 5.91 Å². The fraction of sp³-hybridized carbons (Fsp3) is 0.0400. The fourth-order valence-corrected chi connectivity index (χ4v) is 3.60. The number of nitrogens with zero attached hydrogens (tertiary/aromatic N) is 3. The molecule has 3 aromatic carbocycles. The largest absolute Gasteiger partial charge is 0.497 e. The molecule has 0 saturated carbocycles. The van der Waals surface area contributed by atoms with Crippen LogP contribution in [-0.4, -0.2) is 28.2 Å². The summed E-state index contributed by atoms with van der Waals surface area (Å²) in [5.74, 6) is 0.580. The number of amides is 1. The van der Waals surface area contributed by atoms with E-state index >= 15 is 0 Å². The molecule has 162 valence electrons. The zero-order chi connectivity index (χ0) is 22.8. The second-order valence-corrected chi connectivity index (χ2v) is 7.61. The van der Waals surface area contributed by atoms with Crippen LogP contribution in [0.5, 0.6) is 5.75 Å². The highest BCUT2D eigenvalue weighted by Crippen LogP contribution is 2.28. The predicted octanol–water partition coefficient (Wildman–Crippen LogP) is 5.87. The lowest BCUT2D eigenvalue weighted by Crippen LogP contribution is -2.13. The molecule has 0 aliphatic rings. The molecule has 2 heterocycles. The van der Waals surface area contributed by atoms with E-state index in [1.807, 2.05) is 30.3 Å². The molecule has 8 heteroatoms. The van der Waals surface area contributed by atoms with Crippen molar-refractivity contribution in [2.24, 2.45) is 0 Å². The van der Waals surface area contributed by atoms with E-state index in [1.165, 1.54) is 0 Å². The minimum atomic E-state index is -0.410. The van der Waals surface area contributed by atoms with Crippen molar-refractivity contribution >= 4 is 34.4 Å². The Balaban J connectivity index is 1.49. The van der Waals surface area contributed by atoms with E-state index in [9.17, 15) is 4.79 Å². The molecule has 0 bridgehead atoms. The van der Waals surface area contributed by atoms with Gasteiger partial charge in [0.15, 0.2) is 0 Å². The third-order valence-electron chi connectivity index (χ3n) is 5.07. The molecule has 0 spiro atoms. The number of benzene rings is 3. The Morgan fingerprint density at radius 2 is 1.73 bits per heavy atom. The molecular formula is C25H17ClN4O3. The van der Waals surface area contributed by atoms with Gasteiger partial charge in [-0.2, -0.15) is 0 Å². The van der Waals surface area contributed by atoms with Crippen molar-refractivity contribution < 1.29 is 13.9 Å². The van der Waals surface area contributed by atoms with Gasteiger partial charge >= 0.3 is 6.01 Å². The molecule has 0 fully saturated rings. The maximum absolute atomic E-state index is 13.2. The van der Waals surface area contributed by atoms with Crippen LogP contribution in [0, 0.1) is 0 Å². The van der Waals surface area contributed by atoms with Gasteiger partial charge in [-0.3, -0.25) is 10.1 Å². The van der Waals surface area contributed by atoms with Gasteiger partial charge in [0, 0.05) is 21.5 Å². The zero-order valence-electron chi connectivity index (χ0n) is 17.4. The summed E-state index contributed by atoms with van der Waals surface area (Å²) < 4.78 is 10.8. The molecule has 2 aromatic heterocycles. The van der Waals surface area contributed by atoms with E-state index in [2.05, 4.69) is 15.5 Å². The Kier molecular flexibility index (Phi) is 5.46. The lowest BCUT2D eigenvalue weighted by Gasteiger charge is -2.09. The SMILES string of the molecule is COc1ccc(-c2nnc(NC(=O)c3cc(-c4ccccc4)nc4ccc(Cl)cc34)o2)cc1. The summed E-state index contributed by atoms with van der Waals surface area (Å²) in [4.78, 5) is 17.9. The first-order valence-corrected chi connectivity index (χ1v) is 10.4. The van der Waals surface area contributed by atoms with Gasteiger partial charge in [0.2, 0.25) is 5.89 Å². The van der Waals surface area contributed by atoms with Crippen molar-refractivity contribution in [2.75, 3.05) is 12.4 Å². The number of nitrogens with one attached hydrogen (secondary N) is 1. The third kappa shape index (κ3) is 4.26. The molecule has 1 N–H and O–H groups in total. The van der Waals surface area contributed by atoms with E-state index in [4.69, 9.17) is 25.7 Å². The third-order valence-corrected chi connectivity index (χ3v) is 5.30. The van der Waals surface area contributed by atoms with Crippen molar-refractivity contribution in [1.82, 2.24) is 15.2 Å². The Bertz CT molecular complexity index is 1450. The number of rotatable bonds is 5. The summed E-state index contributed by atoms with van der Waals surface area (Å²) >= 11 is 6.20. The first kappa shape index (κ1) is 20.7. The van der Waals surface area contributed by atoms with E-state index in [0.717, 1.165) is 5.56 Å². The summed E-state index contributed by atoms with van der Waals surface area (Å²) in [7, 11) is 1.59. The van der Waals surface area contributed by atoms with Gasteiger partial charge in [-0.1, -0.05) is 47.0 Å². The maximum atomic E-state index is 13.2. The minimum Gasteiger partial charge on any atom is -0.497 e. The number of aromatic nitrogens is 3. The summed E-state index contributed by atoms with van der Waals surface area (Å²) in [5.41, 5.74) is 3.31. The number of carbonyl (C=O) groups is 1. The molecule has 0 unspecified atom stereocenters. The molecule has 5 aromatic rings. The maximum Gasteiger partial charge on any atom is 0.322 e. The quantitative estimate of drug-likeness (QED) is 0.356. The molecule has 0 aliphatic carbocycles. The number of hydrogen-bond acceptors (Lipinski definition) is 6. The van der Waals surface area contributed by atoms with E-state index in [0.29, 0.717) is 38.5 Å². The van der Waals surface area contributed by atoms with Crippen LogP contribution in [0.2, 0.25) is 5.02 Å². The van der Waals surface area contributed by atoms with Gasteiger partial charge in [0.1, 0.15) is 5.75 Å². The zero-order valence-corrected chi connectivity index (χ0v) is 18.2. The monoisotopic (exact) mass is 456 g/mol. The summed E-state index contributed by atoms with van der Waals surface area (Å²) in [6, 6.07) is 23.7. The highest BCUT2D eigenvalue weighted by atomic mass is 35.5. The van der Waals surface area contributed by atoms with Crippen molar-refractivity contribution in [2.45, 2.75) is 0 Å². The summed E-state index contributed by atoms with van der Waals surface area (Å²) in [6.07, 6.45) is 0. The average molecular weight is 457 g/mol. The molecular weight excluding hydrogens is 440 g/mol. The van der Waals surface area contributed by atoms with Crippen LogP contribution in [0.4, 0.5) is 6.01 Å². The molecule has 0 atom stereocenters. The smallest absolute Gasteiger partial charge is 0.322 e. The van der Waals surface area contributed by atoms with Crippen molar-refractivity contribution in [1.29, 1.82) is 0 Å². The second kappa shape index (κ2) is 8.72. The van der Waals surface area contributed by atoms with Gasteiger partial charge in [-0.25, -0.2) is 4.98 Å². The van der Waals surface area contributed by atoms with Crippen LogP contribution < -0.4 is 10.1 Å².